The number of nitrogens with zero attached hydrogens (tertiary/aromatic N) is 3. The van der Waals surface area contributed by atoms with Gasteiger partial charge in [0, 0.05) is 48.8 Å². The van der Waals surface area contributed by atoms with Crippen LogP contribution in [0.15, 0.2) is 40.8 Å². The zero-order valence-electron chi connectivity index (χ0n) is 15.3. The lowest BCUT2D eigenvalue weighted by Gasteiger charge is -2.10. The second-order valence-corrected chi connectivity index (χ2v) is 7.58. The number of fused-ring (bicyclic) bond motifs is 1. The number of hydrogen-bond acceptors (Lipinski definition) is 8. The molecule has 3 rings (SSSR count). The van der Waals surface area contributed by atoms with Crippen LogP contribution in [-0.4, -0.2) is 46.4 Å². The molecule has 0 aromatic carbocycles. The van der Waals surface area contributed by atoms with Crippen molar-refractivity contribution in [1.29, 1.82) is 0 Å². The third kappa shape index (κ3) is 5.54. The third-order valence-electron chi connectivity index (χ3n) is 3.69. The summed E-state index contributed by atoms with van der Waals surface area (Å²) < 4.78 is 12.0. The van der Waals surface area contributed by atoms with E-state index in [0.717, 1.165) is 5.56 Å². The Kier molecular flexibility index (Phi) is 7.40. The van der Waals surface area contributed by atoms with Gasteiger partial charge in [-0.3, -0.25) is 14.0 Å². The lowest BCUT2D eigenvalue weighted by molar-refractivity contribution is -0.118. The molecule has 0 aliphatic heterocycles. The molecule has 0 atom stereocenters. The number of methoxy groups -OCH3 is 1. The lowest BCUT2D eigenvalue weighted by Crippen LogP contribution is -2.25. The van der Waals surface area contributed by atoms with Crippen LogP contribution < -0.4 is 15.6 Å². The molecule has 0 unspecified atom stereocenters. The van der Waals surface area contributed by atoms with Gasteiger partial charge >= 0.3 is 0 Å². The highest BCUT2D eigenvalue weighted by atomic mass is 32.2. The maximum absolute atomic E-state index is 12.1. The van der Waals surface area contributed by atoms with Crippen molar-refractivity contribution < 1.29 is 14.3 Å². The summed E-state index contributed by atoms with van der Waals surface area (Å²) >= 11 is 2.82. The van der Waals surface area contributed by atoms with E-state index < -0.39 is 0 Å². The first-order valence-corrected chi connectivity index (χ1v) is 10.6. The Balaban J connectivity index is 1.46. The first-order chi connectivity index (χ1) is 13.7. The van der Waals surface area contributed by atoms with Gasteiger partial charge in [-0.15, -0.1) is 23.1 Å². The number of carbonyl (C=O) groups excluding carboxylic acids is 1. The van der Waals surface area contributed by atoms with E-state index in [1.54, 1.807) is 25.6 Å². The van der Waals surface area contributed by atoms with Crippen molar-refractivity contribution in [3.63, 3.8) is 0 Å². The number of thioether (sulfide) groups is 1. The summed E-state index contributed by atoms with van der Waals surface area (Å²) in [7, 11) is 1.60. The van der Waals surface area contributed by atoms with Gasteiger partial charge in [0.2, 0.25) is 11.8 Å². The minimum Gasteiger partial charge on any atom is -0.475 e. The molecule has 0 saturated carbocycles. The second kappa shape index (κ2) is 10.2. The summed E-state index contributed by atoms with van der Waals surface area (Å²) in [6.45, 7) is 1.19. The molecule has 0 fully saturated rings. The molecular weight excluding hydrogens is 400 g/mol. The van der Waals surface area contributed by atoms with Crippen molar-refractivity contribution in [3.8, 4) is 5.88 Å². The first-order valence-electron chi connectivity index (χ1n) is 8.53. The van der Waals surface area contributed by atoms with Gasteiger partial charge in [-0.2, -0.15) is 0 Å². The quantitative estimate of drug-likeness (QED) is 0.499. The van der Waals surface area contributed by atoms with Crippen LogP contribution in [0.1, 0.15) is 11.3 Å². The minimum atomic E-state index is -0.108. The predicted octanol–water partition coefficient (Wildman–Crippen LogP) is 1.73. The molecule has 0 aliphatic carbocycles. The Morgan fingerprint density at radius 1 is 1.39 bits per heavy atom. The van der Waals surface area contributed by atoms with E-state index in [1.807, 2.05) is 11.4 Å². The molecule has 0 radical (unpaired) electrons. The standard InChI is InChI=1S/C18H20N4O4S2/c1-25-6-7-26-17-13(3-2-4-19-17)10-20-15(23)12-27-11-14-9-16(24)22-5-8-28-18(22)21-14/h2-5,8-9H,6-7,10-12H2,1H3,(H,20,23). The van der Waals surface area contributed by atoms with E-state index in [2.05, 4.69) is 15.3 Å². The van der Waals surface area contributed by atoms with Gasteiger partial charge in [0.25, 0.3) is 5.56 Å². The number of carbonyl (C=O) groups is 1. The fourth-order valence-electron chi connectivity index (χ4n) is 2.37. The van der Waals surface area contributed by atoms with Crippen molar-refractivity contribution in [2.24, 2.45) is 0 Å². The number of pyridine rings is 1. The van der Waals surface area contributed by atoms with Crippen LogP contribution in [0.5, 0.6) is 5.88 Å². The molecule has 8 nitrogen and oxygen atoms in total. The van der Waals surface area contributed by atoms with Gasteiger partial charge < -0.3 is 14.8 Å². The predicted molar refractivity (Wildman–Crippen MR) is 109 cm³/mol. The molecule has 148 valence electrons. The smallest absolute Gasteiger partial charge is 0.258 e. The fourth-order valence-corrected chi connectivity index (χ4v) is 3.85. The maximum atomic E-state index is 12.1. The molecule has 1 N–H and O–H groups in total. The zero-order valence-corrected chi connectivity index (χ0v) is 16.9. The molecule has 0 bridgehead atoms. The van der Waals surface area contributed by atoms with Crippen LogP contribution in [0.2, 0.25) is 0 Å². The molecule has 0 spiro atoms. The molecule has 3 aromatic rings. The van der Waals surface area contributed by atoms with Crippen molar-refractivity contribution in [1.82, 2.24) is 19.7 Å². The van der Waals surface area contributed by atoms with Crippen molar-refractivity contribution in [3.05, 3.63) is 57.6 Å². The van der Waals surface area contributed by atoms with Crippen LogP contribution in [0, 0.1) is 0 Å². The van der Waals surface area contributed by atoms with Crippen LogP contribution in [-0.2, 0) is 21.8 Å². The van der Waals surface area contributed by atoms with Gasteiger partial charge in [0.05, 0.1) is 18.1 Å². The Labute approximate surface area is 169 Å². The molecule has 0 saturated heterocycles. The van der Waals surface area contributed by atoms with Crippen molar-refractivity contribution in [2.75, 3.05) is 26.1 Å². The molecule has 28 heavy (non-hydrogen) atoms. The van der Waals surface area contributed by atoms with E-state index in [-0.39, 0.29) is 17.2 Å². The molecule has 10 heteroatoms. The number of aromatic nitrogens is 3. The average molecular weight is 421 g/mol. The largest absolute Gasteiger partial charge is 0.475 e. The highest BCUT2D eigenvalue weighted by Crippen LogP contribution is 2.15. The van der Waals surface area contributed by atoms with Gasteiger partial charge in [0.15, 0.2) is 4.96 Å². The van der Waals surface area contributed by atoms with E-state index in [1.165, 1.54) is 33.6 Å². The van der Waals surface area contributed by atoms with Crippen molar-refractivity contribution in [2.45, 2.75) is 12.3 Å². The number of ether oxygens (including phenoxy) is 2. The van der Waals surface area contributed by atoms with Gasteiger partial charge in [-0.05, 0) is 6.07 Å². The summed E-state index contributed by atoms with van der Waals surface area (Å²) in [6, 6.07) is 5.16. The number of nitrogens with one attached hydrogen (secondary N) is 1. The minimum absolute atomic E-state index is 0.106. The van der Waals surface area contributed by atoms with Gasteiger partial charge in [0.1, 0.15) is 6.61 Å². The van der Waals surface area contributed by atoms with Crippen molar-refractivity contribution >= 4 is 34.0 Å². The number of hydrogen-bond donors (Lipinski definition) is 1. The van der Waals surface area contributed by atoms with E-state index >= 15 is 0 Å². The molecule has 0 aliphatic rings. The molecule has 3 aromatic heterocycles. The van der Waals surface area contributed by atoms with E-state index in [0.29, 0.717) is 42.0 Å². The molecular formula is C18H20N4O4S2. The van der Waals surface area contributed by atoms with E-state index in [9.17, 15) is 9.59 Å². The summed E-state index contributed by atoms with van der Waals surface area (Å²) in [5.41, 5.74) is 1.37. The Bertz CT molecular complexity index is 989. The highest BCUT2D eigenvalue weighted by molar-refractivity contribution is 7.99. The van der Waals surface area contributed by atoms with Gasteiger partial charge in [-0.1, -0.05) is 6.07 Å². The lowest BCUT2D eigenvalue weighted by atomic mass is 10.2. The van der Waals surface area contributed by atoms with E-state index in [4.69, 9.17) is 9.47 Å². The first kappa shape index (κ1) is 20.3. The average Bonchev–Trinajstić information content (AvgIpc) is 3.17. The number of amides is 1. The van der Waals surface area contributed by atoms with Crippen LogP contribution >= 0.6 is 23.1 Å². The second-order valence-electron chi connectivity index (χ2n) is 5.72. The Hall–Kier alpha value is -2.43. The Morgan fingerprint density at radius 3 is 3.14 bits per heavy atom. The van der Waals surface area contributed by atoms with Crippen LogP contribution in [0.4, 0.5) is 0 Å². The topological polar surface area (TPSA) is 94.8 Å². The summed E-state index contributed by atoms with van der Waals surface area (Å²) in [5, 5.41) is 4.68. The normalized spacial score (nSPS) is 10.9. The van der Waals surface area contributed by atoms with Crippen LogP contribution in [0.25, 0.3) is 4.96 Å². The maximum Gasteiger partial charge on any atom is 0.258 e. The summed E-state index contributed by atoms with van der Waals surface area (Å²) in [5.74, 6) is 1.15. The molecule has 1 amide bonds. The number of rotatable bonds is 10. The molecule has 3 heterocycles. The SMILES string of the molecule is COCCOc1ncccc1CNC(=O)CSCc1cc(=O)n2ccsc2n1. The highest BCUT2D eigenvalue weighted by Gasteiger charge is 2.09. The zero-order chi connectivity index (χ0) is 19.8. The van der Waals surface area contributed by atoms with Crippen LogP contribution in [0.3, 0.4) is 0 Å². The monoisotopic (exact) mass is 420 g/mol. The Morgan fingerprint density at radius 2 is 2.29 bits per heavy atom. The summed E-state index contributed by atoms with van der Waals surface area (Å²) in [6.07, 6.45) is 3.34. The fraction of sp³-hybridized carbons (Fsp3) is 0.333. The van der Waals surface area contributed by atoms with Gasteiger partial charge in [-0.25, -0.2) is 9.97 Å². The summed E-state index contributed by atoms with van der Waals surface area (Å²) in [4.78, 5) is 33.3. The third-order valence-corrected chi connectivity index (χ3v) is 5.41. The number of thiazole rings is 1.